The number of hydrogen-bond donors (Lipinski definition) is 1. The predicted molar refractivity (Wildman–Crippen MR) is 65.4 cm³/mol. The summed E-state index contributed by atoms with van der Waals surface area (Å²) >= 11 is 3.29. The van der Waals surface area contributed by atoms with Gasteiger partial charge in [-0.15, -0.1) is 0 Å². The molecule has 0 aliphatic rings. The zero-order chi connectivity index (χ0) is 12.3. The van der Waals surface area contributed by atoms with Gasteiger partial charge in [0.25, 0.3) is 0 Å². The Hall–Kier alpha value is -1.88. The van der Waals surface area contributed by atoms with Gasteiger partial charge in [-0.1, -0.05) is 0 Å². The molecule has 1 aromatic heterocycles. The number of hydrogen-bond acceptors (Lipinski definition) is 3. The van der Waals surface area contributed by atoms with Crippen LogP contribution >= 0.6 is 15.9 Å². The van der Waals surface area contributed by atoms with Gasteiger partial charge in [-0.05, 0) is 46.3 Å². The van der Waals surface area contributed by atoms with Crippen molar-refractivity contribution in [3.05, 3.63) is 52.8 Å². The number of benzene rings is 1. The molecule has 2 rings (SSSR count). The Morgan fingerprint density at radius 1 is 1.18 bits per heavy atom. The van der Waals surface area contributed by atoms with E-state index in [4.69, 9.17) is 9.84 Å². The molecule has 86 valence electrons. The first-order valence-corrected chi connectivity index (χ1v) is 5.56. The molecule has 17 heavy (non-hydrogen) atoms. The number of pyridine rings is 1. The second kappa shape index (κ2) is 4.97. The Labute approximate surface area is 106 Å². The smallest absolute Gasteiger partial charge is 0.335 e. The van der Waals surface area contributed by atoms with E-state index in [-0.39, 0.29) is 5.56 Å². The maximum absolute atomic E-state index is 10.7. The van der Waals surface area contributed by atoms with E-state index < -0.39 is 5.97 Å². The highest BCUT2D eigenvalue weighted by molar-refractivity contribution is 9.10. The molecule has 1 aromatic carbocycles. The van der Waals surface area contributed by atoms with E-state index in [1.165, 1.54) is 12.1 Å². The maximum Gasteiger partial charge on any atom is 0.335 e. The third kappa shape index (κ3) is 3.04. The molecule has 1 N–H and O–H groups in total. The Balaban J connectivity index is 2.16. The number of aromatic nitrogens is 1. The fourth-order valence-electron chi connectivity index (χ4n) is 1.25. The first-order chi connectivity index (χ1) is 8.15. The summed E-state index contributed by atoms with van der Waals surface area (Å²) in [5, 5.41) is 8.74. The van der Waals surface area contributed by atoms with Crippen LogP contribution in [0.1, 0.15) is 10.4 Å². The van der Waals surface area contributed by atoms with Crippen molar-refractivity contribution in [1.82, 2.24) is 4.98 Å². The van der Waals surface area contributed by atoms with E-state index >= 15 is 0 Å². The summed E-state index contributed by atoms with van der Waals surface area (Å²) in [7, 11) is 0. The zero-order valence-corrected chi connectivity index (χ0v) is 10.2. The molecule has 0 spiro atoms. The van der Waals surface area contributed by atoms with Gasteiger partial charge in [-0.25, -0.2) is 4.79 Å². The average molecular weight is 294 g/mol. The molecule has 0 atom stereocenters. The molecule has 5 heteroatoms. The fraction of sp³-hybridized carbons (Fsp3) is 0. The molecule has 0 fully saturated rings. The van der Waals surface area contributed by atoms with Crippen LogP contribution in [0.5, 0.6) is 11.5 Å². The van der Waals surface area contributed by atoms with Crippen molar-refractivity contribution in [1.29, 1.82) is 0 Å². The maximum atomic E-state index is 10.7. The van der Waals surface area contributed by atoms with Gasteiger partial charge in [-0.3, -0.25) is 4.98 Å². The predicted octanol–water partition coefficient (Wildman–Crippen LogP) is 3.33. The van der Waals surface area contributed by atoms with Crippen LogP contribution in [0, 0.1) is 0 Å². The number of ether oxygens (including phenoxy) is 1. The molecule has 1 heterocycles. The van der Waals surface area contributed by atoms with Crippen LogP contribution in [0.2, 0.25) is 0 Å². The normalized spacial score (nSPS) is 9.94. The molecule has 0 amide bonds. The van der Waals surface area contributed by atoms with Gasteiger partial charge in [0.05, 0.1) is 11.8 Å². The van der Waals surface area contributed by atoms with Gasteiger partial charge in [-0.2, -0.15) is 0 Å². The minimum Gasteiger partial charge on any atom is -0.478 e. The van der Waals surface area contributed by atoms with Crippen molar-refractivity contribution in [3.8, 4) is 11.5 Å². The van der Waals surface area contributed by atoms with Crippen molar-refractivity contribution in [3.63, 3.8) is 0 Å². The highest BCUT2D eigenvalue weighted by Crippen LogP contribution is 2.23. The second-order valence-electron chi connectivity index (χ2n) is 3.27. The summed E-state index contributed by atoms with van der Waals surface area (Å²) in [6.07, 6.45) is 3.23. The molecule has 4 nitrogen and oxygen atoms in total. The highest BCUT2D eigenvalue weighted by Gasteiger charge is 2.03. The molecule has 2 aromatic rings. The van der Waals surface area contributed by atoms with Crippen molar-refractivity contribution >= 4 is 21.9 Å². The lowest BCUT2D eigenvalue weighted by atomic mass is 10.2. The van der Waals surface area contributed by atoms with Gasteiger partial charge < -0.3 is 9.84 Å². The van der Waals surface area contributed by atoms with E-state index in [0.717, 1.165) is 4.47 Å². The Morgan fingerprint density at radius 3 is 2.47 bits per heavy atom. The number of carbonyl (C=O) groups is 1. The number of aromatic carboxylic acids is 1. The summed E-state index contributed by atoms with van der Waals surface area (Å²) in [5.74, 6) is 0.193. The Bertz CT molecular complexity index is 540. The Kier molecular flexibility index (Phi) is 3.39. The van der Waals surface area contributed by atoms with E-state index in [2.05, 4.69) is 20.9 Å². The summed E-state index contributed by atoms with van der Waals surface area (Å²) < 4.78 is 6.33. The van der Waals surface area contributed by atoms with Crippen molar-refractivity contribution < 1.29 is 14.6 Å². The molecular weight excluding hydrogens is 286 g/mol. The molecule has 0 aliphatic carbocycles. The number of carboxylic acid groups (broad SMARTS) is 1. The minimum absolute atomic E-state index is 0.227. The van der Waals surface area contributed by atoms with Crippen LogP contribution in [0.15, 0.2) is 47.2 Å². The summed E-state index contributed by atoms with van der Waals surface area (Å²) in [6, 6.07) is 7.96. The Morgan fingerprint density at radius 2 is 1.88 bits per heavy atom. The van der Waals surface area contributed by atoms with Crippen LogP contribution < -0.4 is 4.74 Å². The van der Waals surface area contributed by atoms with Crippen molar-refractivity contribution in [2.75, 3.05) is 0 Å². The third-order valence-corrected chi connectivity index (χ3v) is 2.45. The molecule has 0 saturated heterocycles. The third-order valence-electron chi connectivity index (χ3n) is 2.02. The standard InChI is InChI=1S/C12H8BrNO3/c13-9-5-11(7-14-6-9)17-10-3-1-8(2-4-10)12(15)16/h1-7H,(H,15,16). The fourth-order valence-corrected chi connectivity index (χ4v) is 1.59. The van der Waals surface area contributed by atoms with Gasteiger partial charge in [0.1, 0.15) is 11.5 Å². The molecular formula is C12H8BrNO3. The summed E-state index contributed by atoms with van der Waals surface area (Å²) in [6.45, 7) is 0. The summed E-state index contributed by atoms with van der Waals surface area (Å²) in [4.78, 5) is 14.6. The second-order valence-corrected chi connectivity index (χ2v) is 4.19. The SMILES string of the molecule is O=C(O)c1ccc(Oc2cncc(Br)c2)cc1. The zero-order valence-electron chi connectivity index (χ0n) is 8.63. The lowest BCUT2D eigenvalue weighted by Gasteiger charge is -2.05. The van der Waals surface area contributed by atoms with Gasteiger partial charge in [0.15, 0.2) is 0 Å². The lowest BCUT2D eigenvalue weighted by Crippen LogP contribution is -1.95. The summed E-state index contributed by atoms with van der Waals surface area (Å²) in [5.41, 5.74) is 0.227. The van der Waals surface area contributed by atoms with E-state index in [9.17, 15) is 4.79 Å². The molecule has 0 aliphatic heterocycles. The number of carboxylic acids is 1. The van der Waals surface area contributed by atoms with Crippen LogP contribution in [-0.4, -0.2) is 16.1 Å². The number of halogens is 1. The van der Waals surface area contributed by atoms with Crippen LogP contribution in [-0.2, 0) is 0 Å². The van der Waals surface area contributed by atoms with Crippen LogP contribution in [0.3, 0.4) is 0 Å². The largest absolute Gasteiger partial charge is 0.478 e. The van der Waals surface area contributed by atoms with E-state index in [1.54, 1.807) is 30.6 Å². The minimum atomic E-state index is -0.958. The molecule has 0 saturated carbocycles. The number of nitrogens with zero attached hydrogens (tertiary/aromatic N) is 1. The molecule has 0 bridgehead atoms. The van der Waals surface area contributed by atoms with Crippen molar-refractivity contribution in [2.24, 2.45) is 0 Å². The lowest BCUT2D eigenvalue weighted by molar-refractivity contribution is 0.0697. The van der Waals surface area contributed by atoms with Gasteiger partial charge in [0, 0.05) is 10.7 Å². The molecule has 0 radical (unpaired) electrons. The molecule has 0 unspecified atom stereocenters. The van der Waals surface area contributed by atoms with Crippen LogP contribution in [0.4, 0.5) is 0 Å². The van der Waals surface area contributed by atoms with E-state index in [0.29, 0.717) is 11.5 Å². The highest BCUT2D eigenvalue weighted by atomic mass is 79.9. The monoisotopic (exact) mass is 293 g/mol. The number of rotatable bonds is 3. The van der Waals surface area contributed by atoms with Crippen LogP contribution in [0.25, 0.3) is 0 Å². The van der Waals surface area contributed by atoms with E-state index in [1.807, 2.05) is 0 Å². The van der Waals surface area contributed by atoms with Gasteiger partial charge in [0.2, 0.25) is 0 Å². The first-order valence-electron chi connectivity index (χ1n) is 4.77. The first kappa shape index (κ1) is 11.6. The quantitative estimate of drug-likeness (QED) is 0.943. The topological polar surface area (TPSA) is 59.4 Å². The average Bonchev–Trinajstić information content (AvgIpc) is 2.29. The van der Waals surface area contributed by atoms with Crippen molar-refractivity contribution in [2.45, 2.75) is 0 Å². The van der Waals surface area contributed by atoms with Gasteiger partial charge >= 0.3 is 5.97 Å².